The van der Waals surface area contributed by atoms with E-state index >= 15 is 0 Å². The molecule has 0 radical (unpaired) electrons. The molecule has 1 N–H and O–H groups in total. The van der Waals surface area contributed by atoms with Gasteiger partial charge in [0, 0.05) is 19.6 Å². The van der Waals surface area contributed by atoms with Gasteiger partial charge in [0.2, 0.25) is 0 Å². The fourth-order valence-electron chi connectivity index (χ4n) is 2.75. The molecule has 2 amide bonds. The number of alkyl carbamates (subject to hydrolysis) is 1. The van der Waals surface area contributed by atoms with E-state index in [1.165, 1.54) is 0 Å². The van der Waals surface area contributed by atoms with Crippen molar-refractivity contribution < 1.29 is 23.9 Å². The standard InChI is InChI=1S/C17H30N2O5/c1-12-8-13(2)10-19(9-12)14(20)11-23-15(21)6-7-18-16(22)24-17(3,4)5/h12-13H,6-11H2,1-5H3,(H,18,22). The number of nitrogens with one attached hydrogen (secondary N) is 1. The monoisotopic (exact) mass is 342 g/mol. The third-order valence-corrected chi connectivity index (χ3v) is 3.58. The first kappa shape index (κ1) is 20.3. The van der Waals surface area contributed by atoms with Crippen LogP contribution in [0.3, 0.4) is 0 Å². The summed E-state index contributed by atoms with van der Waals surface area (Å²) >= 11 is 0. The molecule has 1 aliphatic heterocycles. The molecule has 2 unspecified atom stereocenters. The van der Waals surface area contributed by atoms with Gasteiger partial charge in [-0.05, 0) is 39.0 Å². The zero-order valence-corrected chi connectivity index (χ0v) is 15.4. The number of amides is 2. The minimum atomic E-state index is -0.584. The lowest BCUT2D eigenvalue weighted by Crippen LogP contribution is -2.44. The summed E-state index contributed by atoms with van der Waals surface area (Å²) in [6, 6.07) is 0. The summed E-state index contributed by atoms with van der Waals surface area (Å²) in [5.74, 6) is 0.247. The first-order valence-electron chi connectivity index (χ1n) is 8.47. The number of rotatable bonds is 5. The Hall–Kier alpha value is -1.79. The van der Waals surface area contributed by atoms with E-state index in [0.717, 1.165) is 6.42 Å². The van der Waals surface area contributed by atoms with Crippen molar-refractivity contribution in [3.05, 3.63) is 0 Å². The highest BCUT2D eigenvalue weighted by atomic mass is 16.6. The quantitative estimate of drug-likeness (QED) is 0.772. The zero-order valence-electron chi connectivity index (χ0n) is 15.4. The van der Waals surface area contributed by atoms with Gasteiger partial charge in [-0.1, -0.05) is 13.8 Å². The predicted octanol–water partition coefficient (Wildman–Crippen LogP) is 1.95. The Labute approximate surface area is 144 Å². The van der Waals surface area contributed by atoms with Gasteiger partial charge in [0.1, 0.15) is 5.60 Å². The summed E-state index contributed by atoms with van der Waals surface area (Å²) < 4.78 is 10.0. The molecule has 0 aliphatic carbocycles. The van der Waals surface area contributed by atoms with Crippen molar-refractivity contribution in [1.29, 1.82) is 0 Å². The predicted molar refractivity (Wildman–Crippen MR) is 89.3 cm³/mol. The molecule has 1 fully saturated rings. The highest BCUT2D eigenvalue weighted by Gasteiger charge is 2.25. The topological polar surface area (TPSA) is 84.9 Å². The van der Waals surface area contributed by atoms with Crippen LogP contribution in [-0.2, 0) is 19.1 Å². The summed E-state index contributed by atoms with van der Waals surface area (Å²) in [6.07, 6.45) is 0.529. The maximum atomic E-state index is 12.1. The Kier molecular flexibility index (Phi) is 7.51. The molecule has 0 spiro atoms. The number of esters is 1. The Bertz CT molecular complexity index is 448. The van der Waals surface area contributed by atoms with Gasteiger partial charge in [0.15, 0.2) is 6.61 Å². The average Bonchev–Trinajstić information content (AvgIpc) is 2.41. The summed E-state index contributed by atoms with van der Waals surface area (Å²) in [7, 11) is 0. The molecule has 1 saturated heterocycles. The number of carbonyl (C=O) groups is 3. The average molecular weight is 342 g/mol. The molecule has 1 aliphatic rings. The lowest BCUT2D eigenvalue weighted by molar-refractivity contribution is -0.153. The third kappa shape index (κ3) is 8.17. The maximum Gasteiger partial charge on any atom is 0.407 e. The van der Waals surface area contributed by atoms with Gasteiger partial charge < -0.3 is 19.7 Å². The van der Waals surface area contributed by atoms with Gasteiger partial charge in [-0.2, -0.15) is 0 Å². The third-order valence-electron chi connectivity index (χ3n) is 3.58. The van der Waals surface area contributed by atoms with E-state index in [4.69, 9.17) is 9.47 Å². The molecule has 0 aromatic rings. The molecule has 24 heavy (non-hydrogen) atoms. The number of piperidine rings is 1. The number of likely N-dealkylation sites (tertiary alicyclic amines) is 1. The van der Waals surface area contributed by atoms with Crippen molar-refractivity contribution in [3.63, 3.8) is 0 Å². The second kappa shape index (κ2) is 8.89. The maximum absolute atomic E-state index is 12.1. The summed E-state index contributed by atoms with van der Waals surface area (Å²) in [6.45, 7) is 10.8. The van der Waals surface area contributed by atoms with Crippen molar-refractivity contribution in [2.45, 2.75) is 53.1 Å². The van der Waals surface area contributed by atoms with E-state index in [-0.39, 0.29) is 25.5 Å². The van der Waals surface area contributed by atoms with Gasteiger partial charge in [0.05, 0.1) is 6.42 Å². The molecule has 0 aromatic carbocycles. The molecule has 7 heteroatoms. The van der Waals surface area contributed by atoms with E-state index in [0.29, 0.717) is 24.9 Å². The first-order chi connectivity index (χ1) is 11.1. The second-order valence-corrected chi connectivity index (χ2v) is 7.58. The van der Waals surface area contributed by atoms with Crippen LogP contribution in [0.25, 0.3) is 0 Å². The minimum absolute atomic E-state index is 0.000666. The molecule has 0 bridgehead atoms. The SMILES string of the molecule is CC1CC(C)CN(C(=O)COC(=O)CCNC(=O)OC(C)(C)C)C1. The first-order valence-corrected chi connectivity index (χ1v) is 8.47. The fraction of sp³-hybridized carbons (Fsp3) is 0.824. The van der Waals surface area contributed by atoms with E-state index < -0.39 is 17.7 Å². The van der Waals surface area contributed by atoms with Crippen LogP contribution in [0, 0.1) is 11.8 Å². The highest BCUT2D eigenvalue weighted by molar-refractivity contribution is 5.81. The highest BCUT2D eigenvalue weighted by Crippen LogP contribution is 2.20. The van der Waals surface area contributed by atoms with E-state index in [1.807, 2.05) is 0 Å². The number of ether oxygens (including phenoxy) is 2. The van der Waals surface area contributed by atoms with Crippen molar-refractivity contribution in [3.8, 4) is 0 Å². The van der Waals surface area contributed by atoms with Crippen molar-refractivity contribution in [1.82, 2.24) is 10.2 Å². The largest absolute Gasteiger partial charge is 0.456 e. The molecule has 1 rings (SSSR count). The Morgan fingerprint density at radius 1 is 1.12 bits per heavy atom. The molecule has 2 atom stereocenters. The molecule has 138 valence electrons. The lowest BCUT2D eigenvalue weighted by Gasteiger charge is -2.34. The van der Waals surface area contributed by atoms with Crippen molar-refractivity contribution >= 4 is 18.0 Å². The number of hydrogen-bond acceptors (Lipinski definition) is 5. The molecular formula is C17H30N2O5. The van der Waals surface area contributed by atoms with Crippen LogP contribution in [-0.4, -0.2) is 54.7 Å². The van der Waals surface area contributed by atoms with Crippen LogP contribution in [0.4, 0.5) is 4.79 Å². The minimum Gasteiger partial charge on any atom is -0.456 e. The van der Waals surface area contributed by atoms with E-state index in [1.54, 1.807) is 25.7 Å². The van der Waals surface area contributed by atoms with Crippen LogP contribution in [0.2, 0.25) is 0 Å². The van der Waals surface area contributed by atoms with Crippen molar-refractivity contribution in [2.75, 3.05) is 26.2 Å². The van der Waals surface area contributed by atoms with Gasteiger partial charge in [-0.3, -0.25) is 9.59 Å². The van der Waals surface area contributed by atoms with E-state index in [2.05, 4.69) is 19.2 Å². The van der Waals surface area contributed by atoms with Crippen LogP contribution >= 0.6 is 0 Å². The smallest absolute Gasteiger partial charge is 0.407 e. The summed E-state index contributed by atoms with van der Waals surface area (Å²) in [5.41, 5.74) is -0.584. The molecule has 0 aromatic heterocycles. The Balaban J connectivity index is 2.21. The molecule has 1 heterocycles. The van der Waals surface area contributed by atoms with E-state index in [9.17, 15) is 14.4 Å². The number of hydrogen-bond donors (Lipinski definition) is 1. The van der Waals surface area contributed by atoms with Crippen molar-refractivity contribution in [2.24, 2.45) is 11.8 Å². The van der Waals surface area contributed by atoms with Gasteiger partial charge in [0.25, 0.3) is 5.91 Å². The normalized spacial score (nSPS) is 21.1. The Morgan fingerprint density at radius 3 is 2.25 bits per heavy atom. The van der Waals surface area contributed by atoms with Crippen LogP contribution in [0.1, 0.15) is 47.5 Å². The fourth-order valence-corrected chi connectivity index (χ4v) is 2.75. The lowest BCUT2D eigenvalue weighted by atomic mass is 9.92. The summed E-state index contributed by atoms with van der Waals surface area (Å²) in [5, 5.41) is 2.48. The molecule has 7 nitrogen and oxygen atoms in total. The van der Waals surface area contributed by atoms with Crippen LogP contribution < -0.4 is 5.32 Å². The van der Waals surface area contributed by atoms with Gasteiger partial charge in [-0.15, -0.1) is 0 Å². The summed E-state index contributed by atoms with van der Waals surface area (Å²) in [4.78, 5) is 36.9. The van der Waals surface area contributed by atoms with Gasteiger partial charge in [-0.25, -0.2) is 4.79 Å². The second-order valence-electron chi connectivity index (χ2n) is 7.58. The molecular weight excluding hydrogens is 312 g/mol. The van der Waals surface area contributed by atoms with Gasteiger partial charge >= 0.3 is 12.1 Å². The Morgan fingerprint density at radius 2 is 1.71 bits per heavy atom. The van der Waals surface area contributed by atoms with Crippen LogP contribution in [0.5, 0.6) is 0 Å². The number of carbonyl (C=O) groups excluding carboxylic acids is 3. The zero-order chi connectivity index (χ0) is 18.3. The number of nitrogens with zero attached hydrogens (tertiary/aromatic N) is 1. The van der Waals surface area contributed by atoms with Crippen LogP contribution in [0.15, 0.2) is 0 Å². The molecule has 0 saturated carbocycles.